The summed E-state index contributed by atoms with van der Waals surface area (Å²) in [4.78, 5) is 5.36. The third kappa shape index (κ3) is 1.13. The van der Waals surface area contributed by atoms with Crippen LogP contribution >= 0.6 is 0 Å². The second-order valence-corrected chi connectivity index (χ2v) is 1.88. The van der Waals surface area contributed by atoms with Gasteiger partial charge >= 0.3 is 6.08 Å². The molecule has 0 amide bonds. The summed E-state index contributed by atoms with van der Waals surface area (Å²) in [5.74, 6) is 0.618. The van der Waals surface area contributed by atoms with Gasteiger partial charge in [0.15, 0.2) is 5.82 Å². The van der Waals surface area contributed by atoms with Crippen molar-refractivity contribution in [1.82, 2.24) is 4.98 Å². The van der Waals surface area contributed by atoms with Gasteiger partial charge in [0.05, 0.1) is 0 Å². The third-order valence-electron chi connectivity index (χ3n) is 0.938. The van der Waals surface area contributed by atoms with Crippen LogP contribution in [0.1, 0.15) is 0 Å². The summed E-state index contributed by atoms with van der Waals surface area (Å²) in [5, 5.41) is 8.60. The van der Waals surface area contributed by atoms with Gasteiger partial charge in [0, 0.05) is 14.1 Å². The fraction of sp³-hybridized carbons (Fsp3) is 0.400. The zero-order chi connectivity index (χ0) is 6.85. The molecule has 0 aliphatic carbocycles. The lowest BCUT2D eigenvalue weighted by atomic mass is 10.7. The molecule has 0 aromatic carbocycles. The largest absolute Gasteiger partial charge is 0.466 e. The molecule has 0 spiro atoms. The highest BCUT2D eigenvalue weighted by Gasteiger charge is 2.00. The Morgan fingerprint density at radius 3 is 2.56 bits per heavy atom. The number of aromatic nitrogens is 1. The van der Waals surface area contributed by atoms with Crippen molar-refractivity contribution in [2.24, 2.45) is 0 Å². The van der Waals surface area contributed by atoms with Gasteiger partial charge in [0.1, 0.15) is 6.26 Å². The number of nitrogens with zero attached hydrogens (tertiary/aromatic N) is 2. The minimum atomic E-state index is -0.293. The highest BCUT2D eigenvalue weighted by Crippen LogP contribution is 2.13. The number of hydrogen-bond acceptors (Lipinski definition) is 4. The molecule has 0 unspecified atom stereocenters. The maximum absolute atomic E-state index is 8.60. The van der Waals surface area contributed by atoms with Crippen molar-refractivity contribution in [3.8, 4) is 6.08 Å². The van der Waals surface area contributed by atoms with Crippen LogP contribution in [0.5, 0.6) is 6.08 Å². The minimum absolute atomic E-state index is 0.293. The molecule has 1 rings (SSSR count). The van der Waals surface area contributed by atoms with Crippen LogP contribution in [0.15, 0.2) is 10.7 Å². The van der Waals surface area contributed by atoms with Crippen molar-refractivity contribution in [1.29, 1.82) is 0 Å². The van der Waals surface area contributed by atoms with Crippen molar-refractivity contribution in [3.63, 3.8) is 0 Å². The molecule has 50 valence electrons. The summed E-state index contributed by atoms with van der Waals surface area (Å²) in [7, 11) is 3.63. The van der Waals surface area contributed by atoms with Crippen LogP contribution in [0.2, 0.25) is 0 Å². The Balaban J connectivity index is 2.85. The Kier molecular flexibility index (Phi) is 1.30. The molecule has 0 aliphatic rings. The van der Waals surface area contributed by atoms with Gasteiger partial charge in [-0.1, -0.05) is 0 Å². The summed E-state index contributed by atoms with van der Waals surface area (Å²) in [6, 6.07) is 0. The third-order valence-corrected chi connectivity index (χ3v) is 0.938. The topological polar surface area (TPSA) is 49.5 Å². The fourth-order valence-electron chi connectivity index (χ4n) is 0.462. The Labute approximate surface area is 52.7 Å². The zero-order valence-corrected chi connectivity index (χ0v) is 5.33. The van der Waals surface area contributed by atoms with Crippen molar-refractivity contribution in [2.75, 3.05) is 19.0 Å². The van der Waals surface area contributed by atoms with E-state index < -0.39 is 0 Å². The second kappa shape index (κ2) is 1.97. The van der Waals surface area contributed by atoms with Crippen molar-refractivity contribution < 1.29 is 9.52 Å². The Morgan fingerprint density at radius 2 is 2.33 bits per heavy atom. The first-order valence-corrected chi connectivity index (χ1v) is 2.52. The van der Waals surface area contributed by atoms with E-state index >= 15 is 0 Å². The predicted molar refractivity (Wildman–Crippen MR) is 32.5 cm³/mol. The minimum Gasteiger partial charge on any atom is -0.466 e. The van der Waals surface area contributed by atoms with Crippen molar-refractivity contribution in [3.05, 3.63) is 6.26 Å². The predicted octanol–water partition coefficient (Wildman–Crippen LogP) is 0.446. The molecule has 0 atom stereocenters. The molecule has 0 saturated heterocycles. The number of aromatic hydroxyl groups is 1. The molecule has 0 radical (unpaired) electrons. The normalized spacial score (nSPS) is 9.56. The molecular formula is C5H8N2O2. The van der Waals surface area contributed by atoms with E-state index in [0.717, 1.165) is 0 Å². The number of hydrogen-bond donors (Lipinski definition) is 1. The van der Waals surface area contributed by atoms with E-state index in [0.29, 0.717) is 5.82 Å². The molecule has 1 aromatic rings. The maximum Gasteiger partial charge on any atom is 0.392 e. The van der Waals surface area contributed by atoms with Gasteiger partial charge in [0.25, 0.3) is 0 Å². The van der Waals surface area contributed by atoms with Crippen LogP contribution < -0.4 is 4.90 Å². The number of rotatable bonds is 1. The highest BCUT2D eigenvalue weighted by molar-refractivity contribution is 5.32. The van der Waals surface area contributed by atoms with E-state index in [4.69, 9.17) is 5.11 Å². The maximum atomic E-state index is 8.60. The first-order valence-electron chi connectivity index (χ1n) is 2.52. The Hall–Kier alpha value is -1.19. The van der Waals surface area contributed by atoms with Crippen LogP contribution in [-0.4, -0.2) is 24.2 Å². The monoisotopic (exact) mass is 128 g/mol. The average molecular weight is 128 g/mol. The second-order valence-electron chi connectivity index (χ2n) is 1.88. The van der Waals surface area contributed by atoms with Gasteiger partial charge in [-0.3, -0.25) is 0 Å². The zero-order valence-electron chi connectivity index (χ0n) is 5.33. The molecule has 1 N–H and O–H groups in total. The summed E-state index contributed by atoms with van der Waals surface area (Å²) in [5.41, 5.74) is 0. The smallest absolute Gasteiger partial charge is 0.392 e. The van der Waals surface area contributed by atoms with E-state index in [2.05, 4.69) is 9.40 Å². The van der Waals surface area contributed by atoms with Crippen molar-refractivity contribution in [2.45, 2.75) is 0 Å². The molecule has 0 saturated carbocycles. The van der Waals surface area contributed by atoms with E-state index in [1.807, 2.05) is 14.1 Å². The molecule has 0 fully saturated rings. The quantitative estimate of drug-likeness (QED) is 0.596. The lowest BCUT2D eigenvalue weighted by Gasteiger charge is -2.03. The van der Waals surface area contributed by atoms with Crippen LogP contribution in [0.4, 0.5) is 5.82 Å². The Morgan fingerprint density at radius 1 is 1.67 bits per heavy atom. The van der Waals surface area contributed by atoms with Gasteiger partial charge in [-0.05, 0) is 0 Å². The first kappa shape index (κ1) is 5.94. The lowest BCUT2D eigenvalue weighted by molar-refractivity contribution is 0.316. The van der Waals surface area contributed by atoms with Gasteiger partial charge in [-0.2, -0.15) is 4.98 Å². The first-order chi connectivity index (χ1) is 4.20. The van der Waals surface area contributed by atoms with Gasteiger partial charge < -0.3 is 14.4 Å². The van der Waals surface area contributed by atoms with Crippen LogP contribution in [0.3, 0.4) is 0 Å². The molecular weight excluding hydrogens is 120 g/mol. The lowest BCUT2D eigenvalue weighted by Crippen LogP contribution is -2.08. The summed E-state index contributed by atoms with van der Waals surface area (Å²) in [6.45, 7) is 0. The molecule has 1 heterocycles. The van der Waals surface area contributed by atoms with Crippen molar-refractivity contribution >= 4 is 5.82 Å². The van der Waals surface area contributed by atoms with Crippen LogP contribution in [0, 0.1) is 0 Å². The van der Waals surface area contributed by atoms with E-state index in [1.165, 1.54) is 6.26 Å². The SMILES string of the molecule is CN(C)c1coc(O)n1. The average Bonchev–Trinajstić information content (AvgIpc) is 2.14. The molecule has 0 aliphatic heterocycles. The summed E-state index contributed by atoms with van der Waals surface area (Å²) in [6.07, 6.45) is 1.09. The highest BCUT2D eigenvalue weighted by atomic mass is 16.5. The van der Waals surface area contributed by atoms with E-state index in [-0.39, 0.29) is 6.08 Å². The molecule has 9 heavy (non-hydrogen) atoms. The van der Waals surface area contributed by atoms with E-state index in [9.17, 15) is 0 Å². The summed E-state index contributed by atoms with van der Waals surface area (Å²) < 4.78 is 4.53. The molecule has 4 nitrogen and oxygen atoms in total. The number of oxazole rings is 1. The molecule has 0 bridgehead atoms. The number of anilines is 1. The van der Waals surface area contributed by atoms with Gasteiger partial charge in [-0.15, -0.1) is 0 Å². The van der Waals surface area contributed by atoms with E-state index in [1.54, 1.807) is 4.90 Å². The Bertz CT molecular complexity index is 195. The fourth-order valence-corrected chi connectivity index (χ4v) is 0.462. The van der Waals surface area contributed by atoms with Crippen LogP contribution in [-0.2, 0) is 0 Å². The van der Waals surface area contributed by atoms with Gasteiger partial charge in [0.2, 0.25) is 0 Å². The van der Waals surface area contributed by atoms with Crippen LogP contribution in [0.25, 0.3) is 0 Å². The molecule has 1 aromatic heterocycles. The molecule has 4 heteroatoms. The van der Waals surface area contributed by atoms with Gasteiger partial charge in [-0.25, -0.2) is 0 Å². The summed E-state index contributed by atoms with van der Waals surface area (Å²) >= 11 is 0. The standard InChI is InChI=1S/C5H8N2O2/c1-7(2)4-3-9-5(8)6-4/h3H,1-2H3,(H,6,8).